The first-order chi connectivity index (χ1) is 7.20. The van der Waals surface area contributed by atoms with Crippen molar-refractivity contribution >= 4 is 11.9 Å². The summed E-state index contributed by atoms with van der Waals surface area (Å²) in [6, 6.07) is 0. The van der Waals surface area contributed by atoms with Crippen LogP contribution < -0.4 is 5.32 Å². The number of nitrogens with zero attached hydrogens (tertiary/aromatic N) is 2. The van der Waals surface area contributed by atoms with Gasteiger partial charge in [0.2, 0.25) is 5.95 Å². The summed E-state index contributed by atoms with van der Waals surface area (Å²) in [5, 5.41) is 11.6. The number of rotatable bonds is 4. The maximum absolute atomic E-state index is 10.6. The van der Waals surface area contributed by atoms with Crippen LogP contribution in [0.4, 0.5) is 5.95 Å². The summed E-state index contributed by atoms with van der Waals surface area (Å²) in [5.74, 6) is 0.165. The van der Waals surface area contributed by atoms with Crippen molar-refractivity contribution in [2.24, 2.45) is 0 Å². The molecule has 1 aliphatic rings. The van der Waals surface area contributed by atoms with Gasteiger partial charge in [0.05, 0.1) is 12.1 Å². The molecule has 0 aliphatic heterocycles. The predicted molar refractivity (Wildman–Crippen MR) is 54.9 cm³/mol. The van der Waals surface area contributed by atoms with Gasteiger partial charge >= 0.3 is 5.97 Å². The molecule has 0 atom stereocenters. The maximum Gasteiger partial charge on any atom is 0.307 e. The van der Waals surface area contributed by atoms with Crippen molar-refractivity contribution in [2.75, 3.05) is 12.4 Å². The molecule has 0 unspecified atom stereocenters. The second-order valence-corrected chi connectivity index (χ2v) is 3.70. The SMILES string of the molecule is CNc1ncc(CC(=O)O)c(C2CC2)n1. The number of hydrogen-bond donors (Lipinski definition) is 2. The van der Waals surface area contributed by atoms with Crippen LogP contribution in [-0.2, 0) is 11.2 Å². The Morgan fingerprint density at radius 1 is 1.67 bits per heavy atom. The molecule has 1 saturated carbocycles. The molecule has 1 aromatic heterocycles. The Morgan fingerprint density at radius 3 is 2.93 bits per heavy atom. The zero-order valence-corrected chi connectivity index (χ0v) is 8.53. The topological polar surface area (TPSA) is 75.1 Å². The van der Waals surface area contributed by atoms with E-state index in [1.165, 1.54) is 0 Å². The molecule has 1 heterocycles. The fourth-order valence-electron chi connectivity index (χ4n) is 1.55. The normalized spacial score (nSPS) is 15.0. The quantitative estimate of drug-likeness (QED) is 0.771. The molecule has 0 radical (unpaired) electrons. The van der Waals surface area contributed by atoms with Crippen molar-refractivity contribution in [1.82, 2.24) is 9.97 Å². The summed E-state index contributed by atoms with van der Waals surface area (Å²) in [4.78, 5) is 19.0. The average Bonchev–Trinajstić information content (AvgIpc) is 3.01. The molecule has 1 fully saturated rings. The van der Waals surface area contributed by atoms with Crippen molar-refractivity contribution in [3.05, 3.63) is 17.5 Å². The van der Waals surface area contributed by atoms with E-state index in [0.29, 0.717) is 11.9 Å². The molecule has 0 aromatic carbocycles. The maximum atomic E-state index is 10.6. The van der Waals surface area contributed by atoms with Crippen LogP contribution in [0.5, 0.6) is 0 Å². The summed E-state index contributed by atoms with van der Waals surface area (Å²) in [7, 11) is 1.75. The van der Waals surface area contributed by atoms with Gasteiger partial charge in [-0.25, -0.2) is 9.97 Å². The van der Waals surface area contributed by atoms with Gasteiger partial charge in [-0.15, -0.1) is 0 Å². The Morgan fingerprint density at radius 2 is 2.40 bits per heavy atom. The van der Waals surface area contributed by atoms with Crippen LogP contribution in [0.15, 0.2) is 6.20 Å². The minimum atomic E-state index is -0.835. The Balaban J connectivity index is 2.31. The summed E-state index contributed by atoms with van der Waals surface area (Å²) < 4.78 is 0. The summed E-state index contributed by atoms with van der Waals surface area (Å²) in [6.07, 6.45) is 3.83. The van der Waals surface area contributed by atoms with Crippen LogP contribution in [0.2, 0.25) is 0 Å². The molecule has 0 bridgehead atoms. The summed E-state index contributed by atoms with van der Waals surface area (Å²) in [6.45, 7) is 0. The molecule has 1 aromatic rings. The molecule has 1 aliphatic carbocycles. The van der Waals surface area contributed by atoms with E-state index in [4.69, 9.17) is 5.11 Å². The zero-order chi connectivity index (χ0) is 10.8. The molecular weight excluding hydrogens is 194 g/mol. The van der Waals surface area contributed by atoms with E-state index in [0.717, 1.165) is 24.1 Å². The van der Waals surface area contributed by atoms with Crippen molar-refractivity contribution in [3.63, 3.8) is 0 Å². The van der Waals surface area contributed by atoms with Crippen molar-refractivity contribution in [3.8, 4) is 0 Å². The third-order valence-electron chi connectivity index (χ3n) is 2.43. The standard InChI is InChI=1S/C10H13N3O2/c1-11-10-12-5-7(4-8(14)15)9(13-10)6-2-3-6/h5-6H,2-4H2,1H3,(H,14,15)(H,11,12,13). The second-order valence-electron chi connectivity index (χ2n) is 3.70. The number of anilines is 1. The molecule has 15 heavy (non-hydrogen) atoms. The highest BCUT2D eigenvalue weighted by molar-refractivity contribution is 5.70. The van der Waals surface area contributed by atoms with Gasteiger partial charge in [-0.3, -0.25) is 4.79 Å². The number of carbonyl (C=O) groups is 1. The summed E-state index contributed by atoms with van der Waals surface area (Å²) in [5.41, 5.74) is 1.64. The van der Waals surface area contributed by atoms with Crippen molar-refractivity contribution in [2.45, 2.75) is 25.2 Å². The highest BCUT2D eigenvalue weighted by Gasteiger charge is 2.28. The van der Waals surface area contributed by atoms with E-state index in [-0.39, 0.29) is 6.42 Å². The molecule has 2 N–H and O–H groups in total. The zero-order valence-electron chi connectivity index (χ0n) is 8.53. The van der Waals surface area contributed by atoms with E-state index in [1.54, 1.807) is 13.2 Å². The van der Waals surface area contributed by atoms with E-state index >= 15 is 0 Å². The average molecular weight is 207 g/mol. The van der Waals surface area contributed by atoms with Gasteiger partial charge in [-0.05, 0) is 12.8 Å². The first kappa shape index (κ1) is 9.89. The second kappa shape index (κ2) is 3.84. The predicted octanol–water partition coefficient (Wildman–Crippen LogP) is 1.02. The van der Waals surface area contributed by atoms with E-state index < -0.39 is 5.97 Å². The molecule has 0 saturated heterocycles. The monoisotopic (exact) mass is 207 g/mol. The Hall–Kier alpha value is -1.65. The first-order valence-electron chi connectivity index (χ1n) is 4.96. The van der Waals surface area contributed by atoms with Gasteiger partial charge in [-0.2, -0.15) is 0 Å². The van der Waals surface area contributed by atoms with Gasteiger partial charge in [0.15, 0.2) is 0 Å². The van der Waals surface area contributed by atoms with E-state index in [2.05, 4.69) is 15.3 Å². The molecule has 5 heteroatoms. The Kier molecular flexibility index (Phi) is 2.53. The molecule has 2 rings (SSSR count). The van der Waals surface area contributed by atoms with Gasteiger partial charge in [0.1, 0.15) is 0 Å². The van der Waals surface area contributed by atoms with Crippen LogP contribution in [0, 0.1) is 0 Å². The molecule has 0 spiro atoms. The van der Waals surface area contributed by atoms with Gasteiger partial charge < -0.3 is 10.4 Å². The smallest absolute Gasteiger partial charge is 0.307 e. The number of carboxylic acids is 1. The summed E-state index contributed by atoms with van der Waals surface area (Å²) >= 11 is 0. The van der Waals surface area contributed by atoms with Gasteiger partial charge in [0.25, 0.3) is 0 Å². The van der Waals surface area contributed by atoms with Crippen LogP contribution in [0.3, 0.4) is 0 Å². The Bertz CT molecular complexity index is 388. The number of aromatic nitrogens is 2. The van der Waals surface area contributed by atoms with Crippen LogP contribution in [0.25, 0.3) is 0 Å². The number of aliphatic carboxylic acids is 1. The van der Waals surface area contributed by atoms with Crippen molar-refractivity contribution in [1.29, 1.82) is 0 Å². The van der Waals surface area contributed by atoms with Crippen LogP contribution in [-0.4, -0.2) is 28.1 Å². The van der Waals surface area contributed by atoms with E-state index in [9.17, 15) is 4.79 Å². The van der Waals surface area contributed by atoms with Crippen molar-refractivity contribution < 1.29 is 9.90 Å². The van der Waals surface area contributed by atoms with E-state index in [1.807, 2.05) is 0 Å². The van der Waals surface area contributed by atoms with Crippen LogP contribution in [0.1, 0.15) is 30.0 Å². The highest BCUT2D eigenvalue weighted by atomic mass is 16.4. The fraction of sp³-hybridized carbons (Fsp3) is 0.500. The number of hydrogen-bond acceptors (Lipinski definition) is 4. The fourth-order valence-corrected chi connectivity index (χ4v) is 1.55. The third-order valence-corrected chi connectivity index (χ3v) is 2.43. The Labute approximate surface area is 87.6 Å². The lowest BCUT2D eigenvalue weighted by Crippen LogP contribution is -2.08. The minimum Gasteiger partial charge on any atom is -0.481 e. The molecule has 5 nitrogen and oxygen atoms in total. The molecule has 80 valence electrons. The van der Waals surface area contributed by atoms with Gasteiger partial charge in [0, 0.05) is 24.7 Å². The lowest BCUT2D eigenvalue weighted by Gasteiger charge is -2.07. The number of nitrogens with one attached hydrogen (secondary N) is 1. The number of carboxylic acid groups (broad SMARTS) is 1. The lowest BCUT2D eigenvalue weighted by atomic mass is 10.1. The lowest BCUT2D eigenvalue weighted by molar-refractivity contribution is -0.136. The first-order valence-corrected chi connectivity index (χ1v) is 4.96. The van der Waals surface area contributed by atoms with Crippen LogP contribution >= 0.6 is 0 Å². The largest absolute Gasteiger partial charge is 0.481 e. The minimum absolute atomic E-state index is 0.00975. The third kappa shape index (κ3) is 2.23. The van der Waals surface area contributed by atoms with Gasteiger partial charge in [-0.1, -0.05) is 0 Å². The molecule has 0 amide bonds. The molecular formula is C10H13N3O2. The highest BCUT2D eigenvalue weighted by Crippen LogP contribution is 2.40.